The van der Waals surface area contributed by atoms with Gasteiger partial charge in [0.05, 0.1) is 5.92 Å². The number of rotatable bonds is 3. The Hall–Kier alpha value is -1.36. The van der Waals surface area contributed by atoms with Crippen molar-refractivity contribution in [1.82, 2.24) is 0 Å². The Kier molecular flexibility index (Phi) is 4.81. The highest BCUT2D eigenvalue weighted by atomic mass is 79.9. The maximum absolute atomic E-state index is 12.2. The molecule has 0 saturated heterocycles. The predicted molar refractivity (Wildman–Crippen MR) is 80.6 cm³/mol. The minimum absolute atomic E-state index is 0.00459. The van der Waals surface area contributed by atoms with Crippen LogP contribution in [0.5, 0.6) is 0 Å². The van der Waals surface area contributed by atoms with Gasteiger partial charge in [0.15, 0.2) is 0 Å². The third-order valence-electron chi connectivity index (χ3n) is 3.97. The summed E-state index contributed by atoms with van der Waals surface area (Å²) in [5, 5.41) is 11.9. The lowest BCUT2D eigenvalue weighted by molar-refractivity contribution is -0.143. The zero-order valence-corrected chi connectivity index (χ0v) is 12.9. The van der Waals surface area contributed by atoms with Crippen LogP contribution in [0.2, 0.25) is 0 Å². The molecule has 1 aliphatic carbocycles. The first kappa shape index (κ1) is 15.0. The Balaban J connectivity index is 1.96. The molecular weight excluding hydrogens is 322 g/mol. The van der Waals surface area contributed by atoms with Crippen molar-refractivity contribution in [3.8, 4) is 0 Å². The molecule has 0 heterocycles. The van der Waals surface area contributed by atoms with Crippen molar-refractivity contribution in [3.63, 3.8) is 0 Å². The lowest BCUT2D eigenvalue weighted by atomic mass is 9.81. The second-order valence-corrected chi connectivity index (χ2v) is 6.14. The van der Waals surface area contributed by atoms with Crippen LogP contribution in [0.1, 0.15) is 31.2 Å². The van der Waals surface area contributed by atoms with E-state index in [9.17, 15) is 9.59 Å². The van der Waals surface area contributed by atoms with E-state index in [4.69, 9.17) is 5.11 Å². The Morgan fingerprint density at radius 2 is 1.80 bits per heavy atom. The topological polar surface area (TPSA) is 66.4 Å². The van der Waals surface area contributed by atoms with Crippen LogP contribution in [0.4, 0.5) is 5.69 Å². The summed E-state index contributed by atoms with van der Waals surface area (Å²) in [7, 11) is 0. The molecule has 1 fully saturated rings. The summed E-state index contributed by atoms with van der Waals surface area (Å²) in [5.74, 6) is -1.11. The highest BCUT2D eigenvalue weighted by molar-refractivity contribution is 9.10. The van der Waals surface area contributed by atoms with Gasteiger partial charge in [-0.1, -0.05) is 22.0 Å². The maximum atomic E-state index is 12.2. The van der Waals surface area contributed by atoms with Gasteiger partial charge < -0.3 is 10.4 Å². The summed E-state index contributed by atoms with van der Waals surface area (Å²) < 4.78 is 0.963. The molecule has 0 aromatic heterocycles. The van der Waals surface area contributed by atoms with E-state index in [0.717, 1.165) is 15.7 Å². The van der Waals surface area contributed by atoms with Crippen LogP contribution >= 0.6 is 15.9 Å². The highest BCUT2D eigenvalue weighted by Gasteiger charge is 2.29. The number of carboxylic acid groups (broad SMARTS) is 1. The molecule has 108 valence electrons. The number of hydrogen-bond donors (Lipinski definition) is 2. The molecule has 20 heavy (non-hydrogen) atoms. The number of carbonyl (C=O) groups excluding carboxylic acids is 1. The van der Waals surface area contributed by atoms with Crippen molar-refractivity contribution >= 4 is 33.5 Å². The monoisotopic (exact) mass is 339 g/mol. The smallest absolute Gasteiger partial charge is 0.306 e. The van der Waals surface area contributed by atoms with Gasteiger partial charge in [-0.2, -0.15) is 0 Å². The summed E-state index contributed by atoms with van der Waals surface area (Å²) in [6.07, 6.45) is 2.47. The van der Waals surface area contributed by atoms with Crippen LogP contribution in [0.15, 0.2) is 22.7 Å². The van der Waals surface area contributed by atoms with Crippen molar-refractivity contribution in [3.05, 3.63) is 28.2 Å². The first-order valence-electron chi connectivity index (χ1n) is 6.78. The number of carboxylic acids is 1. The van der Waals surface area contributed by atoms with Gasteiger partial charge in [-0.15, -0.1) is 0 Å². The van der Waals surface area contributed by atoms with Crippen molar-refractivity contribution in [1.29, 1.82) is 0 Å². The summed E-state index contributed by atoms with van der Waals surface area (Å²) >= 11 is 3.44. The molecule has 0 bridgehead atoms. The van der Waals surface area contributed by atoms with Gasteiger partial charge in [0.1, 0.15) is 0 Å². The number of hydrogen-bond acceptors (Lipinski definition) is 2. The molecule has 0 spiro atoms. The molecular formula is C15H18BrNO3. The van der Waals surface area contributed by atoms with Gasteiger partial charge in [0.2, 0.25) is 5.91 Å². The number of carbonyl (C=O) groups is 2. The number of anilines is 1. The fourth-order valence-electron chi connectivity index (χ4n) is 2.58. The fraction of sp³-hybridized carbons (Fsp3) is 0.467. The molecule has 1 amide bonds. The number of halogens is 1. The zero-order chi connectivity index (χ0) is 14.7. The van der Waals surface area contributed by atoms with E-state index in [1.165, 1.54) is 0 Å². The van der Waals surface area contributed by atoms with Crippen molar-refractivity contribution < 1.29 is 14.7 Å². The minimum Gasteiger partial charge on any atom is -0.481 e. The lowest BCUT2D eigenvalue weighted by Gasteiger charge is -2.25. The predicted octanol–water partition coefficient (Wildman–Crippen LogP) is 3.59. The van der Waals surface area contributed by atoms with Crippen molar-refractivity contribution in [2.45, 2.75) is 32.6 Å². The van der Waals surface area contributed by atoms with Gasteiger partial charge in [-0.05, 0) is 50.3 Å². The van der Waals surface area contributed by atoms with E-state index < -0.39 is 5.97 Å². The molecule has 5 heteroatoms. The van der Waals surface area contributed by atoms with Crippen LogP contribution in [0.3, 0.4) is 0 Å². The number of nitrogens with one attached hydrogen (secondary N) is 1. The number of benzene rings is 1. The standard InChI is InChI=1S/C15H18BrNO3/c1-9-12(16)3-2-4-13(9)17-14(18)10-5-7-11(8-6-10)15(19)20/h2-4,10-11H,5-8H2,1H3,(H,17,18)(H,19,20). The third kappa shape index (κ3) is 3.39. The number of amides is 1. The molecule has 1 saturated carbocycles. The summed E-state index contributed by atoms with van der Waals surface area (Å²) in [6, 6.07) is 5.69. The normalized spacial score (nSPS) is 22.3. The van der Waals surface area contributed by atoms with E-state index in [1.54, 1.807) is 0 Å². The van der Waals surface area contributed by atoms with Gasteiger partial charge in [-0.3, -0.25) is 9.59 Å². The molecule has 2 N–H and O–H groups in total. The minimum atomic E-state index is -0.744. The van der Waals surface area contributed by atoms with Gasteiger partial charge in [0.25, 0.3) is 0 Å². The second-order valence-electron chi connectivity index (χ2n) is 5.29. The Morgan fingerprint density at radius 1 is 1.20 bits per heavy atom. The van der Waals surface area contributed by atoms with Crippen LogP contribution in [-0.4, -0.2) is 17.0 Å². The van der Waals surface area contributed by atoms with Crippen LogP contribution in [-0.2, 0) is 9.59 Å². The van der Waals surface area contributed by atoms with Crippen molar-refractivity contribution in [2.75, 3.05) is 5.32 Å². The van der Waals surface area contributed by atoms with Gasteiger partial charge in [-0.25, -0.2) is 0 Å². The first-order valence-corrected chi connectivity index (χ1v) is 7.57. The van der Waals surface area contributed by atoms with Crippen LogP contribution < -0.4 is 5.32 Å². The summed E-state index contributed by atoms with van der Waals surface area (Å²) in [4.78, 5) is 23.1. The lowest BCUT2D eigenvalue weighted by Crippen LogP contribution is -2.29. The van der Waals surface area contributed by atoms with Crippen molar-refractivity contribution in [2.24, 2.45) is 11.8 Å². The quantitative estimate of drug-likeness (QED) is 0.884. The van der Waals surface area contributed by atoms with E-state index in [2.05, 4.69) is 21.2 Å². The molecule has 2 rings (SSSR count). The zero-order valence-electron chi connectivity index (χ0n) is 11.4. The maximum Gasteiger partial charge on any atom is 0.306 e. The second kappa shape index (κ2) is 6.39. The Bertz CT molecular complexity index is 522. The van der Waals surface area contributed by atoms with E-state index in [-0.39, 0.29) is 17.7 Å². The molecule has 0 aliphatic heterocycles. The van der Waals surface area contributed by atoms with E-state index in [1.807, 2.05) is 25.1 Å². The molecule has 1 aromatic rings. The number of aliphatic carboxylic acids is 1. The first-order chi connectivity index (χ1) is 9.49. The molecule has 0 radical (unpaired) electrons. The van der Waals surface area contributed by atoms with Gasteiger partial charge in [0, 0.05) is 16.1 Å². The molecule has 0 unspecified atom stereocenters. The molecule has 1 aliphatic rings. The molecule has 0 atom stereocenters. The summed E-state index contributed by atoms with van der Waals surface area (Å²) in [5.41, 5.74) is 1.81. The molecule has 4 nitrogen and oxygen atoms in total. The average molecular weight is 340 g/mol. The Labute approximate surface area is 126 Å². The largest absolute Gasteiger partial charge is 0.481 e. The SMILES string of the molecule is Cc1c(Br)cccc1NC(=O)C1CCC(C(=O)O)CC1. The van der Waals surface area contributed by atoms with Crippen LogP contribution in [0, 0.1) is 18.8 Å². The van der Waals surface area contributed by atoms with Gasteiger partial charge >= 0.3 is 5.97 Å². The summed E-state index contributed by atoms with van der Waals surface area (Å²) in [6.45, 7) is 1.95. The average Bonchev–Trinajstić information content (AvgIpc) is 2.44. The highest BCUT2D eigenvalue weighted by Crippen LogP contribution is 2.31. The van der Waals surface area contributed by atoms with E-state index in [0.29, 0.717) is 25.7 Å². The van der Waals surface area contributed by atoms with E-state index >= 15 is 0 Å². The molecule has 1 aromatic carbocycles. The van der Waals surface area contributed by atoms with Crippen LogP contribution in [0.25, 0.3) is 0 Å². The third-order valence-corrected chi connectivity index (χ3v) is 4.83. The Morgan fingerprint density at radius 3 is 2.40 bits per heavy atom. The fourth-order valence-corrected chi connectivity index (χ4v) is 2.95.